The number of carbonyl (C=O) groups is 1. The van der Waals surface area contributed by atoms with Crippen molar-refractivity contribution in [1.82, 2.24) is 4.98 Å². The molecule has 0 aliphatic rings. The van der Waals surface area contributed by atoms with E-state index in [4.69, 9.17) is 0 Å². The highest BCUT2D eigenvalue weighted by atomic mass is 32.2. The first-order valence-corrected chi connectivity index (χ1v) is 7.83. The zero-order valence-electron chi connectivity index (χ0n) is 11.9. The van der Waals surface area contributed by atoms with Crippen LogP contribution in [0.2, 0.25) is 0 Å². The summed E-state index contributed by atoms with van der Waals surface area (Å²) in [7, 11) is 0. The molecule has 0 spiro atoms. The first kappa shape index (κ1) is 15.4. The summed E-state index contributed by atoms with van der Waals surface area (Å²) in [5.41, 5.74) is 1.46. The van der Waals surface area contributed by atoms with Gasteiger partial charge < -0.3 is 5.32 Å². The van der Waals surface area contributed by atoms with Gasteiger partial charge in [-0.15, -0.1) is 11.8 Å². The number of nitrogens with zero attached hydrogens (tertiary/aromatic N) is 1. The van der Waals surface area contributed by atoms with Crippen LogP contribution in [0.1, 0.15) is 0 Å². The van der Waals surface area contributed by atoms with E-state index in [1.807, 2.05) is 18.2 Å². The van der Waals surface area contributed by atoms with Gasteiger partial charge in [-0.05, 0) is 42.5 Å². The Labute approximate surface area is 135 Å². The van der Waals surface area contributed by atoms with Crippen LogP contribution in [0.25, 0.3) is 10.9 Å². The molecular formula is C17H12F2N2OS. The number of rotatable bonds is 4. The lowest BCUT2D eigenvalue weighted by Gasteiger charge is -2.08. The topological polar surface area (TPSA) is 42.0 Å². The van der Waals surface area contributed by atoms with E-state index in [2.05, 4.69) is 10.3 Å². The number of hydrogen-bond donors (Lipinski definition) is 1. The average molecular weight is 330 g/mol. The molecule has 1 aromatic heterocycles. The van der Waals surface area contributed by atoms with E-state index < -0.39 is 11.6 Å². The van der Waals surface area contributed by atoms with E-state index in [9.17, 15) is 13.6 Å². The number of thioether (sulfide) groups is 1. The monoisotopic (exact) mass is 330 g/mol. The number of fused-ring (bicyclic) bond motifs is 1. The lowest BCUT2D eigenvalue weighted by Crippen LogP contribution is -2.14. The van der Waals surface area contributed by atoms with E-state index in [1.54, 1.807) is 18.3 Å². The molecule has 2 aromatic carbocycles. The van der Waals surface area contributed by atoms with Crippen LogP contribution in [-0.4, -0.2) is 16.6 Å². The van der Waals surface area contributed by atoms with Crippen molar-refractivity contribution >= 4 is 34.3 Å². The fraction of sp³-hybridized carbons (Fsp3) is 0.0588. The molecule has 0 radical (unpaired) electrons. The molecule has 0 saturated heterocycles. The summed E-state index contributed by atoms with van der Waals surface area (Å²) in [6.45, 7) is 0. The number of aromatic nitrogens is 1. The van der Waals surface area contributed by atoms with Gasteiger partial charge in [-0.1, -0.05) is 6.07 Å². The fourth-order valence-electron chi connectivity index (χ4n) is 2.11. The SMILES string of the molecule is O=C(CSc1ccc(F)c(F)c1)Nc1cccc2ncccc12. The van der Waals surface area contributed by atoms with Gasteiger partial charge in [-0.2, -0.15) is 0 Å². The molecule has 0 unspecified atom stereocenters. The largest absolute Gasteiger partial charge is 0.325 e. The van der Waals surface area contributed by atoms with Crippen molar-refractivity contribution in [3.63, 3.8) is 0 Å². The summed E-state index contributed by atoms with van der Waals surface area (Å²) in [5, 5.41) is 3.66. The highest BCUT2D eigenvalue weighted by molar-refractivity contribution is 8.00. The number of anilines is 1. The molecule has 1 heterocycles. The van der Waals surface area contributed by atoms with Crippen LogP contribution in [0.4, 0.5) is 14.5 Å². The smallest absolute Gasteiger partial charge is 0.234 e. The molecule has 1 amide bonds. The molecule has 0 atom stereocenters. The second-order valence-electron chi connectivity index (χ2n) is 4.79. The molecule has 3 aromatic rings. The molecular weight excluding hydrogens is 318 g/mol. The van der Waals surface area contributed by atoms with Crippen molar-refractivity contribution in [2.75, 3.05) is 11.1 Å². The van der Waals surface area contributed by atoms with Crippen LogP contribution in [0, 0.1) is 11.6 Å². The van der Waals surface area contributed by atoms with E-state index >= 15 is 0 Å². The van der Waals surface area contributed by atoms with Crippen LogP contribution >= 0.6 is 11.8 Å². The third-order valence-electron chi connectivity index (χ3n) is 3.18. The summed E-state index contributed by atoms with van der Waals surface area (Å²) in [6, 6.07) is 12.7. The third-order valence-corrected chi connectivity index (χ3v) is 4.17. The van der Waals surface area contributed by atoms with Gasteiger partial charge >= 0.3 is 0 Å². The average Bonchev–Trinajstić information content (AvgIpc) is 2.56. The first-order chi connectivity index (χ1) is 11.1. The van der Waals surface area contributed by atoms with Crippen molar-refractivity contribution in [3.05, 3.63) is 66.4 Å². The molecule has 23 heavy (non-hydrogen) atoms. The Morgan fingerprint density at radius 2 is 1.96 bits per heavy atom. The third kappa shape index (κ3) is 3.65. The Bertz CT molecular complexity index is 865. The molecule has 0 fully saturated rings. The minimum atomic E-state index is -0.921. The number of nitrogens with one attached hydrogen (secondary N) is 1. The number of carbonyl (C=O) groups excluding carboxylic acids is 1. The Morgan fingerprint density at radius 1 is 1.09 bits per heavy atom. The highest BCUT2D eigenvalue weighted by Gasteiger charge is 2.08. The van der Waals surface area contributed by atoms with Crippen LogP contribution < -0.4 is 5.32 Å². The Hall–Kier alpha value is -2.47. The summed E-state index contributed by atoms with van der Waals surface area (Å²) < 4.78 is 26.0. The van der Waals surface area contributed by atoms with Crippen LogP contribution in [-0.2, 0) is 4.79 Å². The predicted octanol–water partition coefficient (Wildman–Crippen LogP) is 4.24. The van der Waals surface area contributed by atoms with Gasteiger partial charge in [0.25, 0.3) is 0 Å². The second kappa shape index (κ2) is 6.75. The quantitative estimate of drug-likeness (QED) is 0.727. The van der Waals surface area contributed by atoms with Gasteiger partial charge in [0.2, 0.25) is 5.91 Å². The second-order valence-corrected chi connectivity index (χ2v) is 5.84. The first-order valence-electron chi connectivity index (χ1n) is 6.85. The number of amides is 1. The van der Waals surface area contributed by atoms with E-state index in [-0.39, 0.29) is 11.7 Å². The zero-order valence-corrected chi connectivity index (χ0v) is 12.7. The van der Waals surface area contributed by atoms with Gasteiger partial charge in [0.15, 0.2) is 11.6 Å². The van der Waals surface area contributed by atoms with E-state index in [0.29, 0.717) is 10.6 Å². The van der Waals surface area contributed by atoms with Crippen molar-refractivity contribution in [1.29, 1.82) is 0 Å². The zero-order chi connectivity index (χ0) is 16.2. The lowest BCUT2D eigenvalue weighted by molar-refractivity contribution is -0.113. The van der Waals surface area contributed by atoms with Crippen LogP contribution in [0.15, 0.2) is 59.6 Å². The van der Waals surface area contributed by atoms with Gasteiger partial charge in [-0.3, -0.25) is 9.78 Å². The maximum Gasteiger partial charge on any atom is 0.234 e. The molecule has 0 bridgehead atoms. The molecule has 1 N–H and O–H groups in total. The standard InChI is InChI=1S/C17H12F2N2OS/c18-13-7-6-11(9-14(13)19)23-10-17(22)21-16-5-1-4-15-12(16)3-2-8-20-15/h1-9H,10H2,(H,21,22). The maximum atomic E-state index is 13.1. The Kier molecular flexibility index (Phi) is 4.52. The minimum Gasteiger partial charge on any atom is -0.325 e. The molecule has 0 aliphatic carbocycles. The van der Waals surface area contributed by atoms with Crippen molar-refractivity contribution < 1.29 is 13.6 Å². The molecule has 0 aliphatic heterocycles. The minimum absolute atomic E-state index is 0.0989. The van der Waals surface area contributed by atoms with Crippen LogP contribution in [0.3, 0.4) is 0 Å². The van der Waals surface area contributed by atoms with Gasteiger partial charge in [-0.25, -0.2) is 8.78 Å². The van der Waals surface area contributed by atoms with E-state index in [1.165, 1.54) is 6.07 Å². The molecule has 3 rings (SSSR count). The summed E-state index contributed by atoms with van der Waals surface area (Å²) in [6.07, 6.45) is 1.69. The summed E-state index contributed by atoms with van der Waals surface area (Å²) in [4.78, 5) is 16.8. The highest BCUT2D eigenvalue weighted by Crippen LogP contribution is 2.23. The summed E-state index contributed by atoms with van der Waals surface area (Å²) >= 11 is 1.14. The molecule has 0 saturated carbocycles. The van der Waals surface area contributed by atoms with Crippen molar-refractivity contribution in [2.45, 2.75) is 4.90 Å². The predicted molar refractivity (Wildman–Crippen MR) is 87.5 cm³/mol. The maximum absolute atomic E-state index is 13.1. The number of benzene rings is 2. The van der Waals surface area contributed by atoms with Gasteiger partial charge in [0.05, 0.1) is 17.0 Å². The number of halogens is 2. The lowest BCUT2D eigenvalue weighted by atomic mass is 10.2. The van der Waals surface area contributed by atoms with Gasteiger partial charge in [0.1, 0.15) is 0 Å². The van der Waals surface area contributed by atoms with Crippen molar-refractivity contribution in [2.24, 2.45) is 0 Å². The van der Waals surface area contributed by atoms with Crippen LogP contribution in [0.5, 0.6) is 0 Å². The number of hydrogen-bond acceptors (Lipinski definition) is 3. The fourth-order valence-corrected chi connectivity index (χ4v) is 2.84. The summed E-state index contributed by atoms with van der Waals surface area (Å²) in [5.74, 6) is -1.95. The van der Waals surface area contributed by atoms with Gasteiger partial charge in [0, 0.05) is 16.5 Å². The Balaban J connectivity index is 1.68. The molecule has 6 heteroatoms. The Morgan fingerprint density at radius 3 is 2.78 bits per heavy atom. The molecule has 3 nitrogen and oxygen atoms in total. The number of pyridine rings is 1. The normalized spacial score (nSPS) is 10.7. The van der Waals surface area contributed by atoms with E-state index in [0.717, 1.165) is 34.8 Å². The molecule has 116 valence electrons. The van der Waals surface area contributed by atoms with Crippen molar-refractivity contribution in [3.8, 4) is 0 Å².